The highest BCUT2D eigenvalue weighted by atomic mass is 19.4. The van der Waals surface area contributed by atoms with Crippen LogP contribution in [0.5, 0.6) is 0 Å². The van der Waals surface area contributed by atoms with E-state index in [2.05, 4.69) is 5.32 Å². The van der Waals surface area contributed by atoms with Gasteiger partial charge in [0.2, 0.25) is 11.8 Å². The van der Waals surface area contributed by atoms with Gasteiger partial charge in [-0.15, -0.1) is 0 Å². The van der Waals surface area contributed by atoms with Gasteiger partial charge in [0.05, 0.1) is 5.92 Å². The minimum atomic E-state index is -4.51. The van der Waals surface area contributed by atoms with Crippen LogP contribution in [0.25, 0.3) is 0 Å². The van der Waals surface area contributed by atoms with Gasteiger partial charge in [0.25, 0.3) is 5.91 Å². The van der Waals surface area contributed by atoms with E-state index in [9.17, 15) is 27.6 Å². The fraction of sp³-hybridized carbons (Fsp3) is 0.571. The summed E-state index contributed by atoms with van der Waals surface area (Å²) in [7, 11) is 0. The van der Waals surface area contributed by atoms with E-state index in [1.54, 1.807) is 17.9 Å². The number of hydrogen-bond donors (Lipinski definition) is 2. The van der Waals surface area contributed by atoms with Crippen LogP contribution in [0.2, 0.25) is 0 Å². The van der Waals surface area contributed by atoms with Crippen molar-refractivity contribution in [1.82, 2.24) is 10.2 Å². The maximum atomic E-state index is 12.8. The first-order valence-electron chi connectivity index (χ1n) is 9.84. The van der Waals surface area contributed by atoms with Crippen LogP contribution in [-0.4, -0.2) is 48.4 Å². The third-order valence-electron chi connectivity index (χ3n) is 4.93. The predicted octanol–water partition coefficient (Wildman–Crippen LogP) is 3.51. The summed E-state index contributed by atoms with van der Waals surface area (Å²) in [6, 6.07) is 4.33. The van der Waals surface area contributed by atoms with Gasteiger partial charge in [0.15, 0.2) is 0 Å². The number of aryl methyl sites for hydroxylation is 1. The normalized spacial score (nSPS) is 17.4. The van der Waals surface area contributed by atoms with Crippen molar-refractivity contribution in [2.24, 2.45) is 11.3 Å². The Morgan fingerprint density at radius 3 is 2.43 bits per heavy atom. The van der Waals surface area contributed by atoms with Gasteiger partial charge in [-0.05, 0) is 37.5 Å². The first-order valence-corrected chi connectivity index (χ1v) is 9.84. The number of benzene rings is 1. The molecule has 3 amide bonds. The molecule has 1 aromatic carbocycles. The molecule has 0 aromatic heterocycles. The van der Waals surface area contributed by atoms with Crippen LogP contribution in [0.1, 0.15) is 49.5 Å². The molecule has 1 fully saturated rings. The van der Waals surface area contributed by atoms with E-state index in [0.717, 1.165) is 0 Å². The van der Waals surface area contributed by atoms with Crippen molar-refractivity contribution in [1.29, 1.82) is 0 Å². The van der Waals surface area contributed by atoms with Gasteiger partial charge in [-0.2, -0.15) is 13.2 Å². The number of hydrogen-bond acceptors (Lipinski definition) is 3. The number of rotatable bonds is 4. The summed E-state index contributed by atoms with van der Waals surface area (Å²) in [5.41, 5.74) is 0.522. The Morgan fingerprint density at radius 1 is 1.17 bits per heavy atom. The fourth-order valence-electron chi connectivity index (χ4n) is 3.27. The van der Waals surface area contributed by atoms with Crippen molar-refractivity contribution in [2.75, 3.05) is 25.0 Å². The molecule has 1 heterocycles. The molecular weight excluding hydrogens is 399 g/mol. The van der Waals surface area contributed by atoms with E-state index in [0.29, 0.717) is 37.2 Å². The molecule has 0 radical (unpaired) electrons. The molecule has 2 N–H and O–H groups in total. The molecule has 6 nitrogen and oxygen atoms in total. The molecule has 9 heteroatoms. The van der Waals surface area contributed by atoms with Crippen LogP contribution in [0.3, 0.4) is 0 Å². The number of nitrogens with zero attached hydrogens (tertiary/aromatic N) is 1. The largest absolute Gasteiger partial charge is 0.405 e. The number of nitrogens with one attached hydrogen (secondary N) is 2. The molecule has 1 aliphatic rings. The lowest BCUT2D eigenvalue weighted by atomic mass is 9.91. The van der Waals surface area contributed by atoms with Gasteiger partial charge >= 0.3 is 6.18 Å². The predicted molar refractivity (Wildman–Crippen MR) is 107 cm³/mol. The highest BCUT2D eigenvalue weighted by Gasteiger charge is 2.33. The average molecular weight is 427 g/mol. The molecule has 1 aromatic rings. The minimum Gasteiger partial charge on any atom is -0.343 e. The molecule has 30 heavy (non-hydrogen) atoms. The number of piperidine rings is 1. The lowest BCUT2D eigenvalue weighted by molar-refractivity contribution is -0.142. The maximum absolute atomic E-state index is 12.8. The molecule has 0 aliphatic carbocycles. The van der Waals surface area contributed by atoms with Crippen molar-refractivity contribution in [3.05, 3.63) is 29.3 Å². The summed E-state index contributed by atoms with van der Waals surface area (Å²) >= 11 is 0. The Bertz CT molecular complexity index is 816. The molecular formula is C21H28F3N3O3. The van der Waals surface area contributed by atoms with Crippen molar-refractivity contribution in [2.45, 2.75) is 46.7 Å². The van der Waals surface area contributed by atoms with Crippen LogP contribution in [0.15, 0.2) is 18.2 Å². The highest BCUT2D eigenvalue weighted by Crippen LogP contribution is 2.25. The van der Waals surface area contributed by atoms with Gasteiger partial charge < -0.3 is 15.5 Å². The quantitative estimate of drug-likeness (QED) is 0.772. The zero-order valence-corrected chi connectivity index (χ0v) is 17.7. The van der Waals surface area contributed by atoms with E-state index in [4.69, 9.17) is 0 Å². The lowest BCUT2D eigenvalue weighted by Crippen LogP contribution is -2.47. The first kappa shape index (κ1) is 23.7. The number of anilines is 1. The number of halogens is 3. The monoisotopic (exact) mass is 427 g/mol. The third kappa shape index (κ3) is 6.47. The van der Waals surface area contributed by atoms with Crippen molar-refractivity contribution in [3.8, 4) is 0 Å². The standard InChI is InChI=1S/C21H28F3N3O3/c1-13-7-8-14(17(28)25-12-21(22,23)24)10-16(13)26-18(29)15-6-5-9-27(11-15)19(30)20(2,3)4/h7-8,10,15H,5-6,9,11-12H2,1-4H3,(H,25,28)(H,26,29). The second-order valence-corrected chi connectivity index (χ2v) is 8.66. The molecule has 0 spiro atoms. The smallest absolute Gasteiger partial charge is 0.343 e. The molecule has 0 bridgehead atoms. The summed E-state index contributed by atoms with van der Waals surface area (Å²) in [6.45, 7) is 6.71. The second kappa shape index (κ2) is 9.06. The van der Waals surface area contributed by atoms with Gasteiger partial charge in [-0.3, -0.25) is 14.4 Å². The lowest BCUT2D eigenvalue weighted by Gasteiger charge is -2.36. The molecule has 1 unspecified atom stereocenters. The fourth-order valence-corrected chi connectivity index (χ4v) is 3.27. The summed E-state index contributed by atoms with van der Waals surface area (Å²) in [5, 5.41) is 4.58. The van der Waals surface area contributed by atoms with Crippen LogP contribution >= 0.6 is 0 Å². The maximum Gasteiger partial charge on any atom is 0.405 e. The van der Waals surface area contributed by atoms with E-state index in [1.165, 1.54) is 12.1 Å². The van der Waals surface area contributed by atoms with Gasteiger partial charge in [0.1, 0.15) is 6.54 Å². The van der Waals surface area contributed by atoms with E-state index < -0.39 is 30.0 Å². The number of likely N-dealkylation sites (tertiary alicyclic amines) is 1. The van der Waals surface area contributed by atoms with E-state index in [-0.39, 0.29) is 17.4 Å². The van der Waals surface area contributed by atoms with Crippen molar-refractivity contribution < 1.29 is 27.6 Å². The van der Waals surface area contributed by atoms with E-state index >= 15 is 0 Å². The number of carbonyl (C=O) groups excluding carboxylic acids is 3. The zero-order valence-electron chi connectivity index (χ0n) is 17.7. The summed E-state index contributed by atoms with van der Waals surface area (Å²) in [5.74, 6) is -1.56. The van der Waals surface area contributed by atoms with Crippen LogP contribution in [0.4, 0.5) is 18.9 Å². The Labute approximate surface area is 174 Å². The Hall–Kier alpha value is -2.58. The zero-order chi connectivity index (χ0) is 22.7. The number of carbonyl (C=O) groups is 3. The van der Waals surface area contributed by atoms with Crippen molar-refractivity contribution in [3.63, 3.8) is 0 Å². The molecule has 2 rings (SSSR count). The molecule has 1 aliphatic heterocycles. The first-order chi connectivity index (χ1) is 13.8. The summed E-state index contributed by atoms with van der Waals surface area (Å²) in [4.78, 5) is 39.0. The van der Waals surface area contributed by atoms with Gasteiger partial charge in [-0.25, -0.2) is 0 Å². The van der Waals surface area contributed by atoms with Gasteiger partial charge in [-0.1, -0.05) is 26.8 Å². The minimum absolute atomic E-state index is 0.0143. The Balaban J connectivity index is 2.07. The molecule has 1 atom stereocenters. The Morgan fingerprint density at radius 2 is 1.83 bits per heavy atom. The number of alkyl halides is 3. The molecule has 166 valence electrons. The molecule has 0 saturated carbocycles. The summed E-state index contributed by atoms with van der Waals surface area (Å²) in [6.07, 6.45) is -3.17. The average Bonchev–Trinajstić information content (AvgIpc) is 2.66. The summed E-state index contributed by atoms with van der Waals surface area (Å²) < 4.78 is 36.9. The second-order valence-electron chi connectivity index (χ2n) is 8.66. The topological polar surface area (TPSA) is 78.5 Å². The van der Waals surface area contributed by atoms with Gasteiger partial charge in [0, 0.05) is 29.8 Å². The third-order valence-corrected chi connectivity index (χ3v) is 4.93. The Kier molecular flexibility index (Phi) is 7.15. The SMILES string of the molecule is Cc1ccc(C(=O)NCC(F)(F)F)cc1NC(=O)C1CCCN(C(=O)C(C)(C)C)C1. The van der Waals surface area contributed by atoms with Crippen LogP contribution < -0.4 is 10.6 Å². The molecule has 1 saturated heterocycles. The van der Waals surface area contributed by atoms with Crippen molar-refractivity contribution >= 4 is 23.4 Å². The van der Waals surface area contributed by atoms with Crippen LogP contribution in [0, 0.1) is 18.3 Å². The van der Waals surface area contributed by atoms with E-state index in [1.807, 2.05) is 26.1 Å². The number of amides is 3. The van der Waals surface area contributed by atoms with Crippen LogP contribution in [-0.2, 0) is 9.59 Å². The highest BCUT2D eigenvalue weighted by molar-refractivity contribution is 5.98.